The predicted molar refractivity (Wildman–Crippen MR) is 93.3 cm³/mol. The van der Waals surface area contributed by atoms with Crippen LogP contribution in [0.3, 0.4) is 0 Å². The van der Waals surface area contributed by atoms with Crippen LogP contribution in [0, 0.1) is 0 Å². The van der Waals surface area contributed by atoms with Crippen LogP contribution in [0.25, 0.3) is 0 Å². The van der Waals surface area contributed by atoms with Gasteiger partial charge in [-0.15, -0.1) is 0 Å². The lowest BCUT2D eigenvalue weighted by atomic mass is 9.88. The van der Waals surface area contributed by atoms with Crippen LogP contribution in [0.4, 0.5) is 0 Å². The first-order valence-electron chi connectivity index (χ1n) is 8.21. The second kappa shape index (κ2) is 9.11. The van der Waals surface area contributed by atoms with Crippen molar-refractivity contribution in [2.24, 2.45) is 0 Å². The molecule has 0 radical (unpaired) electrons. The van der Waals surface area contributed by atoms with Gasteiger partial charge in [-0.25, -0.2) is 0 Å². The van der Waals surface area contributed by atoms with E-state index in [1.165, 1.54) is 0 Å². The summed E-state index contributed by atoms with van der Waals surface area (Å²) in [6.45, 7) is 2.14. The zero-order valence-electron chi connectivity index (χ0n) is 13.6. The molecule has 0 aliphatic rings. The van der Waals surface area contributed by atoms with E-state index in [-0.39, 0.29) is 24.5 Å². The Bertz CT molecular complexity index is 544. The van der Waals surface area contributed by atoms with Gasteiger partial charge in [0.05, 0.1) is 0 Å². The van der Waals surface area contributed by atoms with Gasteiger partial charge < -0.3 is 10.4 Å². The maximum Gasteiger partial charge on any atom is 0.221 e. The van der Waals surface area contributed by atoms with E-state index < -0.39 is 0 Å². The van der Waals surface area contributed by atoms with Crippen LogP contribution >= 0.6 is 0 Å². The highest BCUT2D eigenvalue weighted by Gasteiger charge is 2.18. The summed E-state index contributed by atoms with van der Waals surface area (Å²) in [7, 11) is 0. The van der Waals surface area contributed by atoms with Crippen molar-refractivity contribution >= 4 is 5.91 Å². The Morgan fingerprint density at radius 1 is 1.00 bits per heavy atom. The van der Waals surface area contributed by atoms with Crippen LogP contribution in [0.15, 0.2) is 60.7 Å². The number of aliphatic hydroxyl groups excluding tert-OH is 1. The standard InChI is InChI=1S/C20H25NO2/c1-16(9-8-14-22)21-20(23)15-19(17-10-4-2-5-11-17)18-12-6-3-7-13-18/h2-7,10-13,16,19,22H,8-9,14-15H2,1H3,(H,21,23). The van der Waals surface area contributed by atoms with Crippen molar-refractivity contribution in [3.05, 3.63) is 71.8 Å². The van der Waals surface area contributed by atoms with Crippen LogP contribution in [0.5, 0.6) is 0 Å². The topological polar surface area (TPSA) is 49.3 Å². The number of rotatable bonds is 8. The monoisotopic (exact) mass is 311 g/mol. The molecule has 0 fully saturated rings. The highest BCUT2D eigenvalue weighted by atomic mass is 16.3. The number of benzene rings is 2. The molecule has 0 saturated heterocycles. The summed E-state index contributed by atoms with van der Waals surface area (Å²) in [5, 5.41) is 11.9. The molecule has 2 aromatic carbocycles. The molecular formula is C20H25NO2. The fraction of sp³-hybridized carbons (Fsp3) is 0.350. The molecule has 0 aliphatic carbocycles. The smallest absolute Gasteiger partial charge is 0.221 e. The average molecular weight is 311 g/mol. The molecule has 1 amide bonds. The van der Waals surface area contributed by atoms with E-state index >= 15 is 0 Å². The van der Waals surface area contributed by atoms with E-state index in [4.69, 9.17) is 5.11 Å². The first-order valence-corrected chi connectivity index (χ1v) is 8.21. The lowest BCUT2D eigenvalue weighted by molar-refractivity contribution is -0.121. The highest BCUT2D eigenvalue weighted by molar-refractivity contribution is 5.77. The fourth-order valence-electron chi connectivity index (χ4n) is 2.79. The maximum atomic E-state index is 12.4. The molecule has 122 valence electrons. The van der Waals surface area contributed by atoms with Gasteiger partial charge in [-0.1, -0.05) is 60.7 Å². The highest BCUT2D eigenvalue weighted by Crippen LogP contribution is 2.27. The van der Waals surface area contributed by atoms with Gasteiger partial charge in [-0.2, -0.15) is 0 Å². The molecule has 0 spiro atoms. The first kappa shape index (κ1) is 17.2. The summed E-state index contributed by atoms with van der Waals surface area (Å²) in [6.07, 6.45) is 1.93. The Morgan fingerprint density at radius 3 is 2.00 bits per heavy atom. The van der Waals surface area contributed by atoms with Gasteiger partial charge in [0.25, 0.3) is 0 Å². The van der Waals surface area contributed by atoms with E-state index in [1.807, 2.05) is 43.3 Å². The third-order valence-corrected chi connectivity index (χ3v) is 4.00. The maximum absolute atomic E-state index is 12.4. The SMILES string of the molecule is CC(CCCO)NC(=O)CC(c1ccccc1)c1ccccc1. The van der Waals surface area contributed by atoms with Crippen molar-refractivity contribution in [2.75, 3.05) is 6.61 Å². The zero-order valence-corrected chi connectivity index (χ0v) is 13.6. The van der Waals surface area contributed by atoms with Gasteiger partial charge in [0.1, 0.15) is 0 Å². The van der Waals surface area contributed by atoms with Gasteiger partial charge in [0.2, 0.25) is 5.91 Å². The molecule has 2 aromatic rings. The minimum absolute atomic E-state index is 0.0492. The molecule has 3 nitrogen and oxygen atoms in total. The summed E-state index contributed by atoms with van der Waals surface area (Å²) < 4.78 is 0. The molecule has 0 saturated carbocycles. The number of hydrogen-bond acceptors (Lipinski definition) is 2. The molecule has 2 N–H and O–H groups in total. The predicted octanol–water partition coefficient (Wildman–Crippen LogP) is 3.49. The largest absolute Gasteiger partial charge is 0.396 e. The summed E-state index contributed by atoms with van der Waals surface area (Å²) in [5.74, 6) is 0.107. The molecule has 2 rings (SSSR count). The minimum Gasteiger partial charge on any atom is -0.396 e. The average Bonchev–Trinajstić information content (AvgIpc) is 2.59. The quantitative estimate of drug-likeness (QED) is 0.784. The number of amides is 1. The Kier molecular flexibility index (Phi) is 6.82. The van der Waals surface area contributed by atoms with Gasteiger partial charge in [0.15, 0.2) is 0 Å². The molecular weight excluding hydrogens is 286 g/mol. The Hall–Kier alpha value is -2.13. The molecule has 0 aliphatic heterocycles. The van der Waals surface area contributed by atoms with Crippen molar-refractivity contribution < 1.29 is 9.90 Å². The van der Waals surface area contributed by atoms with Crippen molar-refractivity contribution in [1.82, 2.24) is 5.32 Å². The van der Waals surface area contributed by atoms with E-state index in [9.17, 15) is 4.79 Å². The Balaban J connectivity index is 2.08. The zero-order chi connectivity index (χ0) is 16.5. The van der Waals surface area contributed by atoms with Crippen LogP contribution in [-0.2, 0) is 4.79 Å². The third kappa shape index (κ3) is 5.53. The van der Waals surface area contributed by atoms with Gasteiger partial charge in [0, 0.05) is 25.0 Å². The van der Waals surface area contributed by atoms with Crippen molar-refractivity contribution in [1.29, 1.82) is 0 Å². The molecule has 1 unspecified atom stereocenters. The minimum atomic E-state index is 0.0492. The van der Waals surface area contributed by atoms with Gasteiger partial charge in [-0.05, 0) is 30.9 Å². The van der Waals surface area contributed by atoms with Gasteiger partial charge in [-0.3, -0.25) is 4.79 Å². The number of carbonyl (C=O) groups excluding carboxylic acids is 1. The number of carbonyl (C=O) groups is 1. The Morgan fingerprint density at radius 2 is 1.52 bits per heavy atom. The van der Waals surface area contributed by atoms with Crippen LogP contribution in [0.1, 0.15) is 43.2 Å². The summed E-state index contributed by atoms with van der Waals surface area (Å²) in [6, 6.07) is 20.4. The van der Waals surface area contributed by atoms with E-state index in [2.05, 4.69) is 29.6 Å². The molecule has 0 bridgehead atoms. The second-order valence-corrected chi connectivity index (χ2v) is 5.91. The van der Waals surface area contributed by atoms with E-state index in [1.54, 1.807) is 0 Å². The summed E-state index contributed by atoms with van der Waals surface area (Å²) >= 11 is 0. The summed E-state index contributed by atoms with van der Waals surface area (Å²) in [5.41, 5.74) is 2.30. The second-order valence-electron chi connectivity index (χ2n) is 5.91. The molecule has 0 aromatic heterocycles. The lowest BCUT2D eigenvalue weighted by Crippen LogP contribution is -2.33. The van der Waals surface area contributed by atoms with E-state index in [0.29, 0.717) is 12.8 Å². The fourth-order valence-corrected chi connectivity index (χ4v) is 2.79. The van der Waals surface area contributed by atoms with Crippen molar-refractivity contribution in [3.63, 3.8) is 0 Å². The number of aliphatic hydroxyl groups is 1. The summed E-state index contributed by atoms with van der Waals surface area (Å²) in [4.78, 5) is 12.4. The molecule has 3 heteroatoms. The third-order valence-electron chi connectivity index (χ3n) is 4.00. The number of hydrogen-bond donors (Lipinski definition) is 2. The van der Waals surface area contributed by atoms with Crippen LogP contribution in [-0.4, -0.2) is 23.7 Å². The first-order chi connectivity index (χ1) is 11.2. The number of nitrogens with one attached hydrogen (secondary N) is 1. The lowest BCUT2D eigenvalue weighted by Gasteiger charge is -2.20. The Labute approximate surface area is 138 Å². The van der Waals surface area contributed by atoms with Crippen molar-refractivity contribution in [2.45, 2.75) is 38.1 Å². The molecule has 1 atom stereocenters. The van der Waals surface area contributed by atoms with Crippen LogP contribution < -0.4 is 5.32 Å². The molecule has 23 heavy (non-hydrogen) atoms. The molecule has 0 heterocycles. The normalized spacial score (nSPS) is 12.1. The van der Waals surface area contributed by atoms with Gasteiger partial charge >= 0.3 is 0 Å². The van der Waals surface area contributed by atoms with Crippen molar-refractivity contribution in [3.8, 4) is 0 Å². The van der Waals surface area contributed by atoms with Crippen LogP contribution in [0.2, 0.25) is 0 Å². The van der Waals surface area contributed by atoms with E-state index in [0.717, 1.165) is 17.5 Å².